The molecule has 0 amide bonds. The minimum Gasteiger partial charge on any atom is -0.399 e. The maximum absolute atomic E-state index is 13.1. The molecular formula is C14H19BFN3O4S. The van der Waals surface area contributed by atoms with Crippen LogP contribution in [0.5, 0.6) is 0 Å². The van der Waals surface area contributed by atoms with Gasteiger partial charge in [-0.2, -0.15) is 8.42 Å². The van der Waals surface area contributed by atoms with Crippen LogP contribution in [0.15, 0.2) is 17.2 Å². The number of rotatable bonds is 4. The average molecular weight is 355 g/mol. The molecule has 7 nitrogen and oxygen atoms in total. The highest BCUT2D eigenvalue weighted by Gasteiger charge is 2.52. The Labute approximate surface area is 141 Å². The van der Waals surface area contributed by atoms with Crippen molar-refractivity contribution in [1.82, 2.24) is 0 Å². The van der Waals surface area contributed by atoms with Crippen molar-refractivity contribution < 1.29 is 21.6 Å². The third-order valence-electron chi connectivity index (χ3n) is 4.54. The van der Waals surface area contributed by atoms with Gasteiger partial charge in [-0.25, -0.2) is 0 Å². The van der Waals surface area contributed by atoms with E-state index in [1.807, 2.05) is 27.7 Å². The number of nitrogens with zero attached hydrogens (tertiary/aromatic N) is 3. The fourth-order valence-electron chi connectivity index (χ4n) is 2.44. The summed E-state index contributed by atoms with van der Waals surface area (Å²) in [5.41, 5.74) is 8.86. The summed E-state index contributed by atoms with van der Waals surface area (Å²) in [5, 5.41) is 3.50. The third-order valence-corrected chi connectivity index (χ3v) is 5.19. The van der Waals surface area contributed by atoms with Crippen LogP contribution in [-0.4, -0.2) is 26.7 Å². The van der Waals surface area contributed by atoms with Gasteiger partial charge < -0.3 is 9.31 Å². The number of azide groups is 1. The monoisotopic (exact) mass is 355 g/mol. The Bertz CT molecular complexity index is 804. The summed E-state index contributed by atoms with van der Waals surface area (Å²) in [4.78, 5) is 2.70. The fourth-order valence-corrected chi connectivity index (χ4v) is 3.11. The Morgan fingerprint density at radius 3 is 2.25 bits per heavy atom. The van der Waals surface area contributed by atoms with Gasteiger partial charge in [-0.15, -0.1) is 3.89 Å². The maximum atomic E-state index is 13.1. The van der Waals surface area contributed by atoms with Crippen molar-refractivity contribution in [3.05, 3.63) is 33.7 Å². The van der Waals surface area contributed by atoms with E-state index in [2.05, 4.69) is 10.0 Å². The van der Waals surface area contributed by atoms with Crippen LogP contribution in [0.2, 0.25) is 0 Å². The summed E-state index contributed by atoms with van der Waals surface area (Å²) in [6, 6.07) is 2.91. The summed E-state index contributed by atoms with van der Waals surface area (Å²) >= 11 is 0. The molecule has 1 aromatic rings. The lowest BCUT2D eigenvalue weighted by molar-refractivity contribution is 0.00578. The highest BCUT2D eigenvalue weighted by atomic mass is 32.3. The molecule has 0 aliphatic carbocycles. The average Bonchev–Trinajstić information content (AvgIpc) is 2.60. The second-order valence-electron chi connectivity index (χ2n) is 6.78. The van der Waals surface area contributed by atoms with Crippen LogP contribution in [0.25, 0.3) is 10.4 Å². The first-order valence-corrected chi connectivity index (χ1v) is 8.88. The Hall–Kier alpha value is -1.61. The van der Waals surface area contributed by atoms with Crippen molar-refractivity contribution >= 4 is 28.5 Å². The topological polar surface area (TPSA) is 101 Å². The van der Waals surface area contributed by atoms with Crippen LogP contribution in [-0.2, 0) is 25.3 Å². The van der Waals surface area contributed by atoms with Gasteiger partial charge in [0.05, 0.1) is 11.2 Å². The zero-order chi connectivity index (χ0) is 18.3. The fraction of sp³-hybridized carbons (Fsp3) is 0.571. The molecule has 0 spiro atoms. The molecule has 24 heavy (non-hydrogen) atoms. The standard InChI is InChI=1S/C14H19BFN3O4S/c1-9-10(8-24(16,20)21)6-11(18-19-17)7-12(9)15-22-13(2,3)14(4,5)23-15/h6-7H,8H2,1-5H3. The van der Waals surface area contributed by atoms with Gasteiger partial charge in [0.1, 0.15) is 5.75 Å². The van der Waals surface area contributed by atoms with Crippen molar-refractivity contribution in [3.63, 3.8) is 0 Å². The third kappa shape index (κ3) is 3.72. The highest BCUT2D eigenvalue weighted by molar-refractivity contribution is 7.85. The van der Waals surface area contributed by atoms with E-state index in [1.165, 1.54) is 6.07 Å². The second-order valence-corrected chi connectivity index (χ2v) is 8.15. The van der Waals surface area contributed by atoms with Gasteiger partial charge in [-0.3, -0.25) is 0 Å². The molecule has 10 heteroatoms. The number of hydrogen-bond donors (Lipinski definition) is 0. The van der Waals surface area contributed by atoms with Gasteiger partial charge in [0.25, 0.3) is 0 Å². The van der Waals surface area contributed by atoms with Crippen LogP contribution in [0.3, 0.4) is 0 Å². The summed E-state index contributed by atoms with van der Waals surface area (Å²) in [6.45, 7) is 9.18. The largest absolute Gasteiger partial charge is 0.495 e. The van der Waals surface area contributed by atoms with Crippen LogP contribution >= 0.6 is 0 Å². The van der Waals surface area contributed by atoms with Gasteiger partial charge in [0.15, 0.2) is 0 Å². The molecule has 1 aliphatic rings. The molecule has 130 valence electrons. The Morgan fingerprint density at radius 2 is 1.79 bits per heavy atom. The lowest BCUT2D eigenvalue weighted by Crippen LogP contribution is -2.41. The normalized spacial score (nSPS) is 19.2. The molecule has 0 bridgehead atoms. The minimum atomic E-state index is -4.73. The maximum Gasteiger partial charge on any atom is 0.495 e. The van der Waals surface area contributed by atoms with Crippen molar-refractivity contribution in [2.75, 3.05) is 0 Å². The van der Waals surface area contributed by atoms with Crippen molar-refractivity contribution in [2.24, 2.45) is 5.11 Å². The molecule has 0 saturated carbocycles. The molecule has 1 aliphatic heterocycles. The molecule has 0 aromatic heterocycles. The van der Waals surface area contributed by atoms with E-state index < -0.39 is 34.3 Å². The molecular weight excluding hydrogens is 336 g/mol. The first-order valence-electron chi connectivity index (χ1n) is 7.33. The molecule has 1 fully saturated rings. The van der Waals surface area contributed by atoms with E-state index in [-0.39, 0.29) is 11.3 Å². The number of halogens is 1. The molecule has 1 saturated heterocycles. The van der Waals surface area contributed by atoms with E-state index in [9.17, 15) is 12.3 Å². The number of hydrogen-bond acceptors (Lipinski definition) is 5. The zero-order valence-corrected chi connectivity index (χ0v) is 15.0. The van der Waals surface area contributed by atoms with Crippen molar-refractivity contribution in [2.45, 2.75) is 51.6 Å². The van der Waals surface area contributed by atoms with Crippen molar-refractivity contribution in [3.8, 4) is 0 Å². The second kappa shape index (κ2) is 6.04. The minimum absolute atomic E-state index is 0.173. The smallest absolute Gasteiger partial charge is 0.399 e. The van der Waals surface area contributed by atoms with Gasteiger partial charge in [0.2, 0.25) is 0 Å². The van der Waals surface area contributed by atoms with E-state index in [0.29, 0.717) is 11.0 Å². The quantitative estimate of drug-likeness (QED) is 0.272. The van der Waals surface area contributed by atoms with Gasteiger partial charge >= 0.3 is 17.3 Å². The summed E-state index contributed by atoms with van der Waals surface area (Å²) in [6.07, 6.45) is 0. The molecule has 0 radical (unpaired) electrons. The summed E-state index contributed by atoms with van der Waals surface area (Å²) in [7, 11) is -5.51. The Kier molecular flexibility index (Phi) is 4.71. The highest BCUT2D eigenvalue weighted by Crippen LogP contribution is 2.37. The number of benzene rings is 1. The van der Waals surface area contributed by atoms with Crippen LogP contribution in [0.1, 0.15) is 38.8 Å². The summed E-state index contributed by atoms with van der Waals surface area (Å²) in [5.74, 6) is -0.805. The first kappa shape index (κ1) is 18.7. The zero-order valence-electron chi connectivity index (χ0n) is 14.2. The van der Waals surface area contributed by atoms with Crippen LogP contribution < -0.4 is 5.46 Å². The molecule has 1 aromatic carbocycles. The Morgan fingerprint density at radius 1 is 1.25 bits per heavy atom. The van der Waals surface area contributed by atoms with Gasteiger partial charge in [-0.1, -0.05) is 11.2 Å². The molecule has 0 N–H and O–H groups in total. The molecule has 1 heterocycles. The lowest BCUT2D eigenvalue weighted by Gasteiger charge is -2.32. The predicted molar refractivity (Wildman–Crippen MR) is 89.4 cm³/mol. The lowest BCUT2D eigenvalue weighted by atomic mass is 9.75. The Balaban J connectivity index is 2.56. The molecule has 0 atom stereocenters. The first-order chi connectivity index (χ1) is 10.9. The molecule has 0 unspecified atom stereocenters. The van der Waals surface area contributed by atoms with E-state index in [0.717, 1.165) is 0 Å². The van der Waals surface area contributed by atoms with Gasteiger partial charge in [-0.05, 0) is 62.8 Å². The van der Waals surface area contributed by atoms with E-state index in [4.69, 9.17) is 14.8 Å². The summed E-state index contributed by atoms with van der Waals surface area (Å²) < 4.78 is 47.1. The SMILES string of the molecule is Cc1c(CS(=O)(=O)F)cc(N=[N+]=[N-])cc1B1OC(C)(C)C(C)(C)O1. The predicted octanol–water partition coefficient (Wildman–Crippen LogP) is 3.04. The van der Waals surface area contributed by atoms with Crippen LogP contribution in [0.4, 0.5) is 9.57 Å². The van der Waals surface area contributed by atoms with Crippen molar-refractivity contribution in [1.29, 1.82) is 0 Å². The van der Waals surface area contributed by atoms with Crippen LogP contribution in [0, 0.1) is 6.92 Å². The molecule has 2 rings (SSSR count). The van der Waals surface area contributed by atoms with E-state index >= 15 is 0 Å². The van der Waals surface area contributed by atoms with E-state index in [1.54, 1.807) is 13.0 Å². The van der Waals surface area contributed by atoms with Gasteiger partial charge in [0, 0.05) is 10.6 Å².